The van der Waals surface area contributed by atoms with Gasteiger partial charge in [0.1, 0.15) is 0 Å². The molecule has 1 rings (SSSR count). The summed E-state index contributed by atoms with van der Waals surface area (Å²) in [5.41, 5.74) is 0. The molecule has 0 aromatic carbocycles. The van der Waals surface area contributed by atoms with Gasteiger partial charge in [-0.3, -0.25) is 0 Å². The van der Waals surface area contributed by atoms with E-state index in [2.05, 4.69) is 23.8 Å². The summed E-state index contributed by atoms with van der Waals surface area (Å²) < 4.78 is 5.60. The molecule has 1 heterocycles. The van der Waals surface area contributed by atoms with Crippen LogP contribution in [-0.4, -0.2) is 50.8 Å². The fourth-order valence-electron chi connectivity index (χ4n) is 1.49. The zero-order valence-electron chi connectivity index (χ0n) is 8.46. The summed E-state index contributed by atoms with van der Waals surface area (Å²) in [6, 6.07) is 0. The molecular weight excluding hydrogens is 164 g/mol. The summed E-state index contributed by atoms with van der Waals surface area (Å²) in [6.07, 6.45) is 3.37. The zero-order chi connectivity index (χ0) is 9.52. The van der Waals surface area contributed by atoms with Gasteiger partial charge >= 0.3 is 0 Å². The standard InChI is InChI=1S/C10H20N2O/c1-3-4-6-12(2)9-10-8-11-5-7-13-10/h3,10-11H,1,4-9H2,2H3. The Morgan fingerprint density at radius 2 is 2.54 bits per heavy atom. The molecule has 1 unspecified atom stereocenters. The Morgan fingerprint density at radius 3 is 3.15 bits per heavy atom. The van der Waals surface area contributed by atoms with Crippen molar-refractivity contribution in [2.75, 3.05) is 39.8 Å². The molecule has 0 aromatic heterocycles. The first kappa shape index (κ1) is 10.7. The molecule has 0 aromatic rings. The highest BCUT2D eigenvalue weighted by molar-refractivity contribution is 4.73. The van der Waals surface area contributed by atoms with Gasteiger partial charge < -0.3 is 15.0 Å². The van der Waals surface area contributed by atoms with Crippen LogP contribution in [0.2, 0.25) is 0 Å². The topological polar surface area (TPSA) is 24.5 Å². The lowest BCUT2D eigenvalue weighted by molar-refractivity contribution is 0.0104. The number of likely N-dealkylation sites (N-methyl/N-ethyl adjacent to an activating group) is 1. The van der Waals surface area contributed by atoms with Crippen LogP contribution >= 0.6 is 0 Å². The summed E-state index contributed by atoms with van der Waals surface area (Å²) in [4.78, 5) is 2.29. The quantitative estimate of drug-likeness (QED) is 0.629. The van der Waals surface area contributed by atoms with E-state index in [1.807, 2.05) is 6.08 Å². The van der Waals surface area contributed by atoms with Crippen molar-refractivity contribution in [1.29, 1.82) is 0 Å². The van der Waals surface area contributed by atoms with Gasteiger partial charge in [0, 0.05) is 26.2 Å². The third-order valence-electron chi connectivity index (χ3n) is 2.23. The fraction of sp³-hybridized carbons (Fsp3) is 0.800. The minimum Gasteiger partial charge on any atom is -0.374 e. The summed E-state index contributed by atoms with van der Waals surface area (Å²) in [7, 11) is 2.13. The number of morpholine rings is 1. The number of nitrogens with zero attached hydrogens (tertiary/aromatic N) is 1. The molecule has 3 nitrogen and oxygen atoms in total. The molecule has 0 saturated carbocycles. The van der Waals surface area contributed by atoms with Gasteiger partial charge in [-0.05, 0) is 13.5 Å². The highest BCUT2D eigenvalue weighted by Crippen LogP contribution is 1.99. The fourth-order valence-corrected chi connectivity index (χ4v) is 1.49. The third kappa shape index (κ3) is 4.41. The first-order valence-electron chi connectivity index (χ1n) is 4.94. The van der Waals surface area contributed by atoms with Crippen molar-refractivity contribution in [2.45, 2.75) is 12.5 Å². The highest BCUT2D eigenvalue weighted by Gasteiger charge is 2.14. The van der Waals surface area contributed by atoms with Crippen molar-refractivity contribution in [3.63, 3.8) is 0 Å². The lowest BCUT2D eigenvalue weighted by atomic mass is 10.3. The predicted octanol–water partition coefficient (Wildman–Crippen LogP) is 0.483. The second-order valence-electron chi connectivity index (χ2n) is 3.54. The van der Waals surface area contributed by atoms with Crippen LogP contribution in [0.25, 0.3) is 0 Å². The van der Waals surface area contributed by atoms with Crippen LogP contribution in [0, 0.1) is 0 Å². The highest BCUT2D eigenvalue weighted by atomic mass is 16.5. The van der Waals surface area contributed by atoms with E-state index < -0.39 is 0 Å². The Balaban J connectivity index is 2.10. The molecule has 1 aliphatic heterocycles. The molecular formula is C10H20N2O. The van der Waals surface area contributed by atoms with Crippen LogP contribution in [0.3, 0.4) is 0 Å². The van der Waals surface area contributed by atoms with E-state index >= 15 is 0 Å². The normalized spacial score (nSPS) is 23.4. The molecule has 1 atom stereocenters. The van der Waals surface area contributed by atoms with Gasteiger partial charge in [-0.1, -0.05) is 6.08 Å². The molecule has 1 N–H and O–H groups in total. The smallest absolute Gasteiger partial charge is 0.0826 e. The van der Waals surface area contributed by atoms with Crippen LogP contribution in [0.1, 0.15) is 6.42 Å². The second-order valence-corrected chi connectivity index (χ2v) is 3.54. The van der Waals surface area contributed by atoms with Gasteiger partial charge in [-0.25, -0.2) is 0 Å². The van der Waals surface area contributed by atoms with Crippen molar-refractivity contribution < 1.29 is 4.74 Å². The summed E-state index contributed by atoms with van der Waals surface area (Å²) >= 11 is 0. The number of hydrogen-bond donors (Lipinski definition) is 1. The Kier molecular flexibility index (Phi) is 5.05. The Bertz CT molecular complexity index is 144. The molecule has 3 heteroatoms. The molecule has 1 fully saturated rings. The molecule has 0 spiro atoms. The number of rotatable bonds is 5. The average molecular weight is 184 g/mol. The van der Waals surface area contributed by atoms with E-state index in [0.29, 0.717) is 6.10 Å². The summed E-state index contributed by atoms with van der Waals surface area (Å²) in [6.45, 7) is 8.62. The minimum absolute atomic E-state index is 0.364. The molecule has 0 bridgehead atoms. The van der Waals surface area contributed by atoms with E-state index in [1.54, 1.807) is 0 Å². The van der Waals surface area contributed by atoms with Crippen molar-refractivity contribution >= 4 is 0 Å². The van der Waals surface area contributed by atoms with Crippen LogP contribution in [0.4, 0.5) is 0 Å². The van der Waals surface area contributed by atoms with Crippen LogP contribution in [0.5, 0.6) is 0 Å². The Morgan fingerprint density at radius 1 is 1.69 bits per heavy atom. The minimum atomic E-state index is 0.364. The van der Waals surface area contributed by atoms with Gasteiger partial charge in [0.05, 0.1) is 12.7 Å². The maximum atomic E-state index is 5.60. The van der Waals surface area contributed by atoms with Gasteiger partial charge in [0.25, 0.3) is 0 Å². The Labute approximate surface area is 80.8 Å². The molecule has 0 radical (unpaired) electrons. The number of ether oxygens (including phenoxy) is 1. The van der Waals surface area contributed by atoms with Gasteiger partial charge in [-0.15, -0.1) is 6.58 Å². The maximum Gasteiger partial charge on any atom is 0.0826 e. The van der Waals surface area contributed by atoms with E-state index in [-0.39, 0.29) is 0 Å². The van der Waals surface area contributed by atoms with E-state index in [0.717, 1.165) is 39.2 Å². The third-order valence-corrected chi connectivity index (χ3v) is 2.23. The van der Waals surface area contributed by atoms with Gasteiger partial charge in [-0.2, -0.15) is 0 Å². The van der Waals surface area contributed by atoms with Crippen molar-refractivity contribution in [3.05, 3.63) is 12.7 Å². The maximum absolute atomic E-state index is 5.60. The van der Waals surface area contributed by atoms with E-state index in [4.69, 9.17) is 4.74 Å². The summed E-state index contributed by atoms with van der Waals surface area (Å²) in [5.74, 6) is 0. The summed E-state index contributed by atoms with van der Waals surface area (Å²) in [5, 5.41) is 3.32. The lowest BCUT2D eigenvalue weighted by Gasteiger charge is -2.27. The molecule has 0 aliphatic carbocycles. The van der Waals surface area contributed by atoms with Crippen LogP contribution in [0.15, 0.2) is 12.7 Å². The van der Waals surface area contributed by atoms with Crippen molar-refractivity contribution in [3.8, 4) is 0 Å². The first-order valence-corrected chi connectivity index (χ1v) is 4.94. The molecule has 0 amide bonds. The van der Waals surface area contributed by atoms with E-state index in [9.17, 15) is 0 Å². The average Bonchev–Trinajstić information content (AvgIpc) is 2.16. The molecule has 1 saturated heterocycles. The van der Waals surface area contributed by atoms with Gasteiger partial charge in [0.15, 0.2) is 0 Å². The Hall–Kier alpha value is -0.380. The number of hydrogen-bond acceptors (Lipinski definition) is 3. The lowest BCUT2D eigenvalue weighted by Crippen LogP contribution is -2.44. The van der Waals surface area contributed by atoms with Crippen LogP contribution in [-0.2, 0) is 4.74 Å². The van der Waals surface area contributed by atoms with Crippen molar-refractivity contribution in [2.24, 2.45) is 0 Å². The largest absolute Gasteiger partial charge is 0.374 e. The monoisotopic (exact) mass is 184 g/mol. The molecule has 13 heavy (non-hydrogen) atoms. The SMILES string of the molecule is C=CCCN(C)CC1CNCCO1. The molecule has 76 valence electrons. The van der Waals surface area contributed by atoms with E-state index in [1.165, 1.54) is 0 Å². The number of nitrogens with one attached hydrogen (secondary N) is 1. The van der Waals surface area contributed by atoms with Crippen LogP contribution < -0.4 is 5.32 Å². The van der Waals surface area contributed by atoms with Gasteiger partial charge in [0.2, 0.25) is 0 Å². The second kappa shape index (κ2) is 6.13. The van der Waals surface area contributed by atoms with Crippen molar-refractivity contribution in [1.82, 2.24) is 10.2 Å². The zero-order valence-corrected chi connectivity index (χ0v) is 8.46. The first-order chi connectivity index (χ1) is 6.33. The molecule has 1 aliphatic rings. The predicted molar refractivity (Wildman–Crippen MR) is 54.9 cm³/mol.